The van der Waals surface area contributed by atoms with Crippen LogP contribution in [0.1, 0.15) is 0 Å². The van der Waals surface area contributed by atoms with Crippen LogP contribution < -0.4 is 0 Å². The maximum absolute atomic E-state index is 5.30. The summed E-state index contributed by atoms with van der Waals surface area (Å²) in [5, 5.41) is 0. The maximum Gasteiger partial charge on any atom is 0.133 e. The molecule has 0 saturated carbocycles. The van der Waals surface area contributed by atoms with Gasteiger partial charge in [-0.05, 0) is 14.1 Å². The van der Waals surface area contributed by atoms with Gasteiger partial charge in [0.2, 0.25) is 0 Å². The van der Waals surface area contributed by atoms with E-state index < -0.39 is 0 Å². The molecule has 0 aromatic carbocycles. The van der Waals surface area contributed by atoms with Gasteiger partial charge < -0.3 is 4.90 Å². The van der Waals surface area contributed by atoms with E-state index in [-0.39, 0.29) is 0 Å². The Morgan fingerprint density at radius 3 is 2.20 bits per heavy atom. The summed E-state index contributed by atoms with van der Waals surface area (Å²) in [7, 11) is 8.17. The predicted molar refractivity (Wildman–Crippen MR) is 44.4 cm³/mol. The summed E-state index contributed by atoms with van der Waals surface area (Å²) in [4.78, 5) is 2.14. The van der Waals surface area contributed by atoms with Crippen LogP contribution in [0.2, 0.25) is 0 Å². The number of hydrogen-bond acceptors (Lipinski definition) is 1. The fraction of sp³-hybridized carbons (Fsp3) is 0.750. The molecule has 0 bridgehead atoms. The van der Waals surface area contributed by atoms with Crippen molar-refractivity contribution >= 4 is 0 Å². The van der Waals surface area contributed by atoms with Gasteiger partial charge in [0.05, 0.1) is 14.1 Å². The van der Waals surface area contributed by atoms with E-state index in [0.717, 1.165) is 13.1 Å². The van der Waals surface area contributed by atoms with E-state index in [0.29, 0.717) is 4.48 Å². The monoisotopic (exact) mass is 141 g/mol. The van der Waals surface area contributed by atoms with Gasteiger partial charge >= 0.3 is 0 Å². The number of terminal acetylenes is 1. The molecule has 2 nitrogen and oxygen atoms in total. The molecule has 0 aliphatic rings. The first-order chi connectivity index (χ1) is 4.48. The minimum atomic E-state index is 0.651. The molecule has 0 amide bonds. The van der Waals surface area contributed by atoms with Gasteiger partial charge in [-0.3, -0.25) is 4.48 Å². The Kier molecular flexibility index (Phi) is 3.41. The molecular weight excluding hydrogens is 124 g/mol. The van der Waals surface area contributed by atoms with Crippen molar-refractivity contribution < 1.29 is 4.48 Å². The summed E-state index contributed by atoms with van der Waals surface area (Å²) < 4.78 is 0.651. The number of hydrogen-bond donors (Lipinski definition) is 0. The van der Waals surface area contributed by atoms with Crippen molar-refractivity contribution in [1.82, 2.24) is 4.90 Å². The van der Waals surface area contributed by atoms with Crippen LogP contribution in [-0.2, 0) is 0 Å². The molecule has 0 aliphatic heterocycles. The van der Waals surface area contributed by atoms with E-state index in [2.05, 4.69) is 25.0 Å². The van der Waals surface area contributed by atoms with Crippen molar-refractivity contribution in [3.05, 3.63) is 0 Å². The topological polar surface area (TPSA) is 3.24 Å². The van der Waals surface area contributed by atoms with Gasteiger partial charge in [0.15, 0.2) is 0 Å². The molecular formula is C8H17N2+. The molecule has 0 spiro atoms. The zero-order valence-electron chi connectivity index (χ0n) is 7.39. The van der Waals surface area contributed by atoms with Gasteiger partial charge in [-0.25, -0.2) is 0 Å². The number of rotatable bonds is 3. The molecule has 0 aromatic rings. The summed E-state index contributed by atoms with van der Waals surface area (Å²) in [6, 6.07) is 2.71. The second kappa shape index (κ2) is 3.60. The molecule has 0 heterocycles. The van der Waals surface area contributed by atoms with Gasteiger partial charge in [0, 0.05) is 6.54 Å². The van der Waals surface area contributed by atoms with Crippen LogP contribution in [0.5, 0.6) is 0 Å². The molecule has 0 aliphatic carbocycles. The molecule has 0 rings (SSSR count). The van der Waals surface area contributed by atoms with Crippen molar-refractivity contribution in [2.24, 2.45) is 0 Å². The van der Waals surface area contributed by atoms with Crippen LogP contribution in [0.15, 0.2) is 0 Å². The van der Waals surface area contributed by atoms with Crippen LogP contribution in [-0.4, -0.2) is 50.7 Å². The predicted octanol–water partition coefficient (Wildman–Crippen LogP) is 0.215. The van der Waals surface area contributed by atoms with Crippen molar-refractivity contribution in [3.63, 3.8) is 0 Å². The number of quaternary nitrogens is 1. The molecule has 0 N–H and O–H groups in total. The first-order valence-electron chi connectivity index (χ1n) is 3.43. The van der Waals surface area contributed by atoms with Crippen LogP contribution in [0.3, 0.4) is 0 Å². The Bertz CT molecular complexity index is 131. The Balaban J connectivity index is 3.60. The summed E-state index contributed by atoms with van der Waals surface area (Å²) >= 11 is 0. The highest BCUT2D eigenvalue weighted by Crippen LogP contribution is 1.92. The minimum absolute atomic E-state index is 0.651. The van der Waals surface area contributed by atoms with Crippen LogP contribution >= 0.6 is 0 Å². The van der Waals surface area contributed by atoms with Gasteiger partial charge in [0.25, 0.3) is 0 Å². The van der Waals surface area contributed by atoms with Crippen LogP contribution in [0.4, 0.5) is 0 Å². The van der Waals surface area contributed by atoms with Gasteiger partial charge in [-0.2, -0.15) is 0 Å². The Hall–Kier alpha value is -0.520. The van der Waals surface area contributed by atoms with E-state index in [4.69, 9.17) is 6.42 Å². The second-order valence-corrected chi connectivity index (χ2v) is 3.34. The summed E-state index contributed by atoms with van der Waals surface area (Å²) in [5.41, 5.74) is 0. The fourth-order valence-corrected chi connectivity index (χ4v) is 0.515. The van der Waals surface area contributed by atoms with Gasteiger partial charge in [-0.15, -0.1) is 0 Å². The van der Waals surface area contributed by atoms with Crippen molar-refractivity contribution in [2.45, 2.75) is 0 Å². The van der Waals surface area contributed by atoms with E-state index in [1.807, 2.05) is 14.1 Å². The highest BCUT2D eigenvalue weighted by atomic mass is 15.3. The standard InChI is InChI=1S/C8H17N2/c1-6-10(4,5)8-7-9(2)3/h1H,7-8H2,2-5H3/q+1. The Labute approximate surface area is 64.0 Å². The molecule has 58 valence electrons. The summed E-state index contributed by atoms with van der Waals surface area (Å²) in [6.07, 6.45) is 5.30. The molecule has 10 heavy (non-hydrogen) atoms. The highest BCUT2D eigenvalue weighted by molar-refractivity contribution is 4.69. The average Bonchev–Trinajstić information content (AvgIpc) is 1.85. The number of likely N-dealkylation sites (N-methyl/N-ethyl adjacent to an activating group) is 2. The molecule has 0 unspecified atom stereocenters. The van der Waals surface area contributed by atoms with Crippen molar-refractivity contribution in [2.75, 3.05) is 41.3 Å². The lowest BCUT2D eigenvalue weighted by Gasteiger charge is -2.22. The first kappa shape index (κ1) is 9.48. The van der Waals surface area contributed by atoms with Gasteiger partial charge in [0.1, 0.15) is 12.6 Å². The third-order valence-electron chi connectivity index (χ3n) is 1.46. The first-order valence-corrected chi connectivity index (χ1v) is 3.43. The van der Waals surface area contributed by atoms with E-state index in [9.17, 15) is 0 Å². The number of nitrogens with zero attached hydrogens (tertiary/aromatic N) is 2. The normalized spacial score (nSPS) is 11.6. The minimum Gasteiger partial charge on any atom is -0.304 e. The summed E-state index contributed by atoms with van der Waals surface area (Å²) in [6.45, 7) is 2.04. The van der Waals surface area contributed by atoms with E-state index >= 15 is 0 Å². The molecule has 0 atom stereocenters. The zero-order valence-corrected chi connectivity index (χ0v) is 7.39. The smallest absolute Gasteiger partial charge is 0.133 e. The average molecular weight is 141 g/mol. The third-order valence-corrected chi connectivity index (χ3v) is 1.46. The lowest BCUT2D eigenvalue weighted by molar-refractivity contribution is -0.821. The molecule has 2 heteroatoms. The largest absolute Gasteiger partial charge is 0.304 e. The Morgan fingerprint density at radius 1 is 1.40 bits per heavy atom. The molecule has 0 radical (unpaired) electrons. The van der Waals surface area contributed by atoms with Crippen molar-refractivity contribution in [3.8, 4) is 12.5 Å². The van der Waals surface area contributed by atoms with Crippen LogP contribution in [0.25, 0.3) is 0 Å². The maximum atomic E-state index is 5.30. The lowest BCUT2D eigenvalue weighted by Crippen LogP contribution is -2.39. The zero-order chi connectivity index (χ0) is 8.20. The fourth-order valence-electron chi connectivity index (χ4n) is 0.515. The molecule has 0 aromatic heterocycles. The summed E-state index contributed by atoms with van der Waals surface area (Å²) in [5.74, 6) is 0. The highest BCUT2D eigenvalue weighted by Gasteiger charge is 2.10. The second-order valence-electron chi connectivity index (χ2n) is 3.34. The quantitative estimate of drug-likeness (QED) is 0.401. The molecule has 0 fully saturated rings. The third kappa shape index (κ3) is 4.37. The Morgan fingerprint density at radius 2 is 1.90 bits per heavy atom. The van der Waals surface area contributed by atoms with E-state index in [1.165, 1.54) is 0 Å². The van der Waals surface area contributed by atoms with E-state index in [1.54, 1.807) is 0 Å². The van der Waals surface area contributed by atoms with Crippen LogP contribution in [0, 0.1) is 12.5 Å². The molecule has 0 saturated heterocycles. The van der Waals surface area contributed by atoms with Gasteiger partial charge in [-0.1, -0.05) is 6.42 Å². The SMILES string of the molecule is C#C[N+](C)(C)CCN(C)C. The van der Waals surface area contributed by atoms with Crippen molar-refractivity contribution in [1.29, 1.82) is 0 Å². The lowest BCUT2D eigenvalue weighted by atomic mass is 10.5.